The third-order valence-electron chi connectivity index (χ3n) is 3.25. The minimum atomic E-state index is -0.562. The number of nitro groups is 1. The van der Waals surface area contributed by atoms with Crippen molar-refractivity contribution in [2.75, 3.05) is 0 Å². The number of rotatable bonds is 3. The Morgan fingerprint density at radius 1 is 1.00 bits per heavy atom. The SMILES string of the molecule is O=Cc1ccc2ccc(-c3ccccc3)nc2c1[N+](=O)[O-]. The summed E-state index contributed by atoms with van der Waals surface area (Å²) in [5, 5.41) is 11.9. The van der Waals surface area contributed by atoms with Crippen LogP contribution in [0.25, 0.3) is 22.2 Å². The summed E-state index contributed by atoms with van der Waals surface area (Å²) in [7, 11) is 0. The number of carbonyl (C=O) groups excluding carboxylic acids is 1. The van der Waals surface area contributed by atoms with Gasteiger partial charge in [-0.1, -0.05) is 42.5 Å². The molecule has 21 heavy (non-hydrogen) atoms. The van der Waals surface area contributed by atoms with E-state index in [1.165, 1.54) is 6.07 Å². The van der Waals surface area contributed by atoms with E-state index in [0.717, 1.165) is 5.56 Å². The maximum absolute atomic E-state index is 11.2. The molecule has 0 bridgehead atoms. The van der Waals surface area contributed by atoms with Crippen LogP contribution in [0.15, 0.2) is 54.6 Å². The molecule has 0 fully saturated rings. The van der Waals surface area contributed by atoms with Crippen LogP contribution in [0.3, 0.4) is 0 Å². The van der Waals surface area contributed by atoms with E-state index in [4.69, 9.17) is 0 Å². The van der Waals surface area contributed by atoms with Gasteiger partial charge >= 0.3 is 5.69 Å². The highest BCUT2D eigenvalue weighted by Crippen LogP contribution is 2.29. The second-order valence-corrected chi connectivity index (χ2v) is 4.51. The van der Waals surface area contributed by atoms with Gasteiger partial charge in [0.15, 0.2) is 6.29 Å². The van der Waals surface area contributed by atoms with Gasteiger partial charge in [0.1, 0.15) is 5.52 Å². The Bertz CT molecular complexity index is 845. The Hall–Kier alpha value is -3.08. The van der Waals surface area contributed by atoms with Crippen LogP contribution in [0, 0.1) is 10.1 Å². The van der Waals surface area contributed by atoms with Gasteiger partial charge in [-0.2, -0.15) is 0 Å². The monoisotopic (exact) mass is 278 g/mol. The van der Waals surface area contributed by atoms with Gasteiger partial charge in [-0.25, -0.2) is 4.98 Å². The van der Waals surface area contributed by atoms with Crippen LogP contribution >= 0.6 is 0 Å². The van der Waals surface area contributed by atoms with Gasteiger partial charge < -0.3 is 0 Å². The van der Waals surface area contributed by atoms with Crippen LogP contribution in [0.2, 0.25) is 0 Å². The molecule has 0 amide bonds. The van der Waals surface area contributed by atoms with Gasteiger partial charge in [-0.15, -0.1) is 0 Å². The van der Waals surface area contributed by atoms with Crippen LogP contribution in [-0.4, -0.2) is 16.2 Å². The average Bonchev–Trinajstić information content (AvgIpc) is 2.53. The quantitative estimate of drug-likeness (QED) is 0.416. The molecule has 0 atom stereocenters. The number of nitro benzene ring substituents is 1. The molecule has 0 unspecified atom stereocenters. The number of hydrogen-bond donors (Lipinski definition) is 0. The van der Waals surface area contributed by atoms with E-state index < -0.39 is 4.92 Å². The number of aromatic nitrogens is 1. The highest BCUT2D eigenvalue weighted by Gasteiger charge is 2.19. The molecule has 0 N–H and O–H groups in total. The van der Waals surface area contributed by atoms with Crippen LogP contribution in [-0.2, 0) is 0 Å². The number of nitrogens with zero attached hydrogens (tertiary/aromatic N) is 2. The minimum Gasteiger partial charge on any atom is -0.298 e. The van der Waals surface area contributed by atoms with Crippen LogP contribution < -0.4 is 0 Å². The summed E-state index contributed by atoms with van der Waals surface area (Å²) in [6, 6.07) is 16.1. The number of aldehydes is 1. The molecule has 0 spiro atoms. The van der Waals surface area contributed by atoms with Crippen molar-refractivity contribution < 1.29 is 9.72 Å². The Morgan fingerprint density at radius 2 is 1.71 bits per heavy atom. The molecule has 102 valence electrons. The number of benzene rings is 2. The zero-order valence-electron chi connectivity index (χ0n) is 10.9. The summed E-state index contributed by atoms with van der Waals surface area (Å²) in [5.74, 6) is 0. The van der Waals surface area contributed by atoms with Crippen molar-refractivity contribution in [3.8, 4) is 11.3 Å². The third kappa shape index (κ3) is 2.25. The number of fused-ring (bicyclic) bond motifs is 1. The van der Waals surface area contributed by atoms with Gasteiger partial charge in [0.25, 0.3) is 0 Å². The van der Waals surface area contributed by atoms with Crippen molar-refractivity contribution in [1.29, 1.82) is 0 Å². The fourth-order valence-corrected chi connectivity index (χ4v) is 2.25. The second-order valence-electron chi connectivity index (χ2n) is 4.51. The fraction of sp³-hybridized carbons (Fsp3) is 0. The van der Waals surface area contributed by atoms with Gasteiger partial charge in [0.2, 0.25) is 0 Å². The van der Waals surface area contributed by atoms with Crippen molar-refractivity contribution in [2.45, 2.75) is 0 Å². The largest absolute Gasteiger partial charge is 0.305 e. The van der Waals surface area contributed by atoms with Crippen molar-refractivity contribution in [2.24, 2.45) is 0 Å². The van der Waals surface area contributed by atoms with E-state index in [1.54, 1.807) is 12.1 Å². The molecule has 0 aliphatic heterocycles. The Labute approximate surface area is 120 Å². The third-order valence-corrected chi connectivity index (χ3v) is 3.25. The molecule has 3 aromatic rings. The van der Waals surface area contributed by atoms with E-state index in [2.05, 4.69) is 4.98 Å². The Kier molecular flexibility index (Phi) is 3.16. The first-order chi connectivity index (χ1) is 10.2. The molecule has 0 radical (unpaired) electrons. The lowest BCUT2D eigenvalue weighted by Crippen LogP contribution is -1.98. The summed E-state index contributed by atoms with van der Waals surface area (Å²) < 4.78 is 0. The lowest BCUT2D eigenvalue weighted by atomic mass is 10.1. The second kappa shape index (κ2) is 5.13. The highest BCUT2D eigenvalue weighted by molar-refractivity contribution is 5.97. The zero-order chi connectivity index (χ0) is 14.8. The van der Waals surface area contributed by atoms with Crippen molar-refractivity contribution in [1.82, 2.24) is 4.98 Å². The fourth-order valence-electron chi connectivity index (χ4n) is 2.25. The topological polar surface area (TPSA) is 73.1 Å². The minimum absolute atomic E-state index is 0.0326. The molecule has 3 rings (SSSR count). The first kappa shape index (κ1) is 12.9. The normalized spacial score (nSPS) is 10.5. The first-order valence-electron chi connectivity index (χ1n) is 6.29. The van der Waals surface area contributed by atoms with Crippen molar-refractivity contribution in [3.63, 3.8) is 0 Å². The summed E-state index contributed by atoms with van der Waals surface area (Å²) in [6.45, 7) is 0. The van der Waals surface area contributed by atoms with E-state index in [9.17, 15) is 14.9 Å². The molecular formula is C16H10N2O3. The first-order valence-corrected chi connectivity index (χ1v) is 6.29. The average molecular weight is 278 g/mol. The van der Waals surface area contributed by atoms with Crippen molar-refractivity contribution >= 4 is 22.9 Å². The highest BCUT2D eigenvalue weighted by atomic mass is 16.6. The predicted octanol–water partition coefficient (Wildman–Crippen LogP) is 3.62. The zero-order valence-corrected chi connectivity index (χ0v) is 10.9. The molecular weight excluding hydrogens is 268 g/mol. The van der Waals surface area contributed by atoms with E-state index in [0.29, 0.717) is 17.4 Å². The molecule has 5 nitrogen and oxygen atoms in total. The number of carbonyl (C=O) groups is 1. The van der Waals surface area contributed by atoms with Gasteiger partial charge in [-0.05, 0) is 12.1 Å². The molecule has 5 heteroatoms. The molecule has 2 aromatic carbocycles. The van der Waals surface area contributed by atoms with E-state index in [-0.39, 0.29) is 16.8 Å². The van der Waals surface area contributed by atoms with E-state index in [1.807, 2.05) is 36.4 Å². The smallest absolute Gasteiger partial charge is 0.298 e. The summed E-state index contributed by atoms with van der Waals surface area (Å²) >= 11 is 0. The van der Waals surface area contributed by atoms with Gasteiger partial charge in [0, 0.05) is 10.9 Å². The Morgan fingerprint density at radius 3 is 2.38 bits per heavy atom. The van der Waals surface area contributed by atoms with Crippen LogP contribution in [0.1, 0.15) is 10.4 Å². The van der Waals surface area contributed by atoms with Crippen LogP contribution in [0.4, 0.5) is 5.69 Å². The molecule has 0 aliphatic rings. The molecule has 0 aliphatic carbocycles. The van der Waals surface area contributed by atoms with Gasteiger partial charge in [-0.3, -0.25) is 14.9 Å². The van der Waals surface area contributed by atoms with Gasteiger partial charge in [0.05, 0.1) is 16.2 Å². The van der Waals surface area contributed by atoms with Crippen molar-refractivity contribution in [3.05, 3.63) is 70.3 Å². The lowest BCUT2D eigenvalue weighted by Gasteiger charge is -2.05. The maximum atomic E-state index is 11.2. The number of hydrogen-bond acceptors (Lipinski definition) is 4. The molecule has 0 saturated carbocycles. The molecule has 1 aromatic heterocycles. The number of pyridine rings is 1. The summed E-state index contributed by atoms with van der Waals surface area (Å²) in [5.41, 5.74) is 1.51. The lowest BCUT2D eigenvalue weighted by molar-refractivity contribution is -0.383. The summed E-state index contributed by atoms with van der Waals surface area (Å²) in [4.78, 5) is 26.1. The predicted molar refractivity (Wildman–Crippen MR) is 79.2 cm³/mol. The van der Waals surface area contributed by atoms with E-state index >= 15 is 0 Å². The maximum Gasteiger partial charge on any atom is 0.305 e. The summed E-state index contributed by atoms with van der Waals surface area (Å²) in [6.07, 6.45) is 0.481. The molecule has 1 heterocycles. The molecule has 0 saturated heterocycles. The van der Waals surface area contributed by atoms with Crippen LogP contribution in [0.5, 0.6) is 0 Å². The standard InChI is InChI=1S/C16H10N2O3/c19-10-13-7-6-12-8-9-14(11-4-2-1-3-5-11)17-15(12)16(13)18(20)21/h1-10H. The Balaban J connectivity index is 2.31.